The van der Waals surface area contributed by atoms with Crippen LogP contribution in [0.15, 0.2) is 53.7 Å². The van der Waals surface area contributed by atoms with Gasteiger partial charge >= 0.3 is 5.97 Å². The normalized spacial score (nSPS) is 11.9. The van der Waals surface area contributed by atoms with Gasteiger partial charge in [0, 0.05) is 0 Å². The maximum Gasteiger partial charge on any atom is 0.313 e. The van der Waals surface area contributed by atoms with Crippen molar-refractivity contribution in [2.24, 2.45) is 5.92 Å². The lowest BCUT2D eigenvalue weighted by Gasteiger charge is -2.16. The van der Waals surface area contributed by atoms with E-state index in [1.165, 1.54) is 10.2 Å². The molecule has 0 aliphatic rings. The third kappa shape index (κ3) is 7.08. The molecule has 0 bridgehead atoms. The SMILES string of the molecule is Cc1ccc(OCc2nnc(SCC(=O)O)n2NC(=O)C(C)c2ccc(CC(C)C)cc2)cc1. The van der Waals surface area contributed by atoms with Crippen LogP contribution in [0.5, 0.6) is 5.75 Å². The number of hydrogen-bond donors (Lipinski definition) is 2. The highest BCUT2D eigenvalue weighted by molar-refractivity contribution is 7.99. The molecule has 0 saturated heterocycles. The van der Waals surface area contributed by atoms with E-state index in [2.05, 4.69) is 29.5 Å². The number of ether oxygens (including phenoxy) is 1. The van der Waals surface area contributed by atoms with Crippen molar-refractivity contribution >= 4 is 23.6 Å². The number of nitrogens with zero attached hydrogens (tertiary/aromatic N) is 3. The number of amides is 1. The Balaban J connectivity index is 1.75. The molecule has 8 nitrogen and oxygen atoms in total. The van der Waals surface area contributed by atoms with Crippen molar-refractivity contribution in [3.05, 3.63) is 71.0 Å². The number of hydrogen-bond acceptors (Lipinski definition) is 6. The zero-order chi connectivity index (χ0) is 24.7. The third-order valence-corrected chi connectivity index (χ3v) is 6.07. The highest BCUT2D eigenvalue weighted by atomic mass is 32.2. The van der Waals surface area contributed by atoms with E-state index in [1.54, 1.807) is 0 Å². The number of aromatic nitrogens is 3. The lowest BCUT2D eigenvalue weighted by Crippen LogP contribution is -2.29. The second-order valence-electron chi connectivity index (χ2n) is 8.56. The summed E-state index contributed by atoms with van der Waals surface area (Å²) in [7, 11) is 0. The lowest BCUT2D eigenvalue weighted by atomic mass is 9.96. The fourth-order valence-corrected chi connectivity index (χ4v) is 3.91. The summed E-state index contributed by atoms with van der Waals surface area (Å²) in [4.78, 5) is 24.1. The van der Waals surface area contributed by atoms with Gasteiger partial charge in [-0.25, -0.2) is 4.68 Å². The Bertz CT molecular complexity index is 1110. The van der Waals surface area contributed by atoms with Crippen molar-refractivity contribution in [3.8, 4) is 5.75 Å². The van der Waals surface area contributed by atoms with Crippen LogP contribution in [0.1, 0.15) is 49.2 Å². The molecule has 0 spiro atoms. The van der Waals surface area contributed by atoms with Gasteiger partial charge in [0.1, 0.15) is 12.4 Å². The predicted octanol–water partition coefficient (Wildman–Crippen LogP) is 4.41. The Labute approximate surface area is 203 Å². The van der Waals surface area contributed by atoms with E-state index in [4.69, 9.17) is 9.84 Å². The van der Waals surface area contributed by atoms with Crippen LogP contribution in [0.25, 0.3) is 0 Å². The standard InChI is InChI=1S/C25H30N4O4S/c1-16(2)13-19-7-9-20(10-8-19)18(4)24(32)28-29-22(26-27-25(29)34-15-23(30)31)14-33-21-11-5-17(3)6-12-21/h5-12,16,18H,13-15H2,1-4H3,(H,28,32)(H,30,31). The largest absolute Gasteiger partial charge is 0.486 e. The minimum atomic E-state index is -0.988. The average molecular weight is 483 g/mol. The van der Waals surface area contributed by atoms with Crippen LogP contribution in [0.3, 0.4) is 0 Å². The summed E-state index contributed by atoms with van der Waals surface area (Å²) in [5.41, 5.74) is 6.06. The average Bonchev–Trinajstić information content (AvgIpc) is 3.18. The molecule has 1 atom stereocenters. The Kier molecular flexibility index (Phi) is 8.70. The molecular weight excluding hydrogens is 452 g/mol. The number of thioether (sulfide) groups is 1. The van der Waals surface area contributed by atoms with Crippen molar-refractivity contribution < 1.29 is 19.4 Å². The van der Waals surface area contributed by atoms with E-state index in [0.29, 0.717) is 17.5 Å². The van der Waals surface area contributed by atoms with Gasteiger partial charge in [0.25, 0.3) is 0 Å². The molecule has 0 radical (unpaired) electrons. The summed E-state index contributed by atoms with van der Waals surface area (Å²) in [5, 5.41) is 17.5. The van der Waals surface area contributed by atoms with Gasteiger partial charge in [0.05, 0.1) is 11.7 Å². The molecule has 2 N–H and O–H groups in total. The van der Waals surface area contributed by atoms with Gasteiger partial charge in [0.15, 0.2) is 5.82 Å². The van der Waals surface area contributed by atoms with E-state index >= 15 is 0 Å². The molecule has 2 aromatic carbocycles. The molecule has 9 heteroatoms. The molecule has 1 amide bonds. The number of benzene rings is 2. The summed E-state index contributed by atoms with van der Waals surface area (Å²) in [6.45, 7) is 8.21. The number of rotatable bonds is 11. The van der Waals surface area contributed by atoms with Gasteiger partial charge in [-0.2, -0.15) is 0 Å². The highest BCUT2D eigenvalue weighted by Gasteiger charge is 2.21. The fraction of sp³-hybridized carbons (Fsp3) is 0.360. The molecule has 0 fully saturated rings. The van der Waals surface area contributed by atoms with Crippen molar-refractivity contribution in [2.75, 3.05) is 11.2 Å². The lowest BCUT2D eigenvalue weighted by molar-refractivity contribution is -0.133. The zero-order valence-electron chi connectivity index (χ0n) is 19.8. The Morgan fingerprint density at radius 2 is 1.74 bits per heavy atom. The molecule has 180 valence electrons. The first-order valence-corrected chi connectivity index (χ1v) is 12.1. The number of carboxylic acids is 1. The van der Waals surface area contributed by atoms with Crippen LogP contribution < -0.4 is 10.2 Å². The van der Waals surface area contributed by atoms with Crippen molar-refractivity contribution in [3.63, 3.8) is 0 Å². The van der Waals surface area contributed by atoms with Gasteiger partial charge in [-0.15, -0.1) is 10.2 Å². The molecular formula is C25H30N4O4S. The zero-order valence-corrected chi connectivity index (χ0v) is 20.6. The van der Waals surface area contributed by atoms with Crippen LogP contribution in [0, 0.1) is 12.8 Å². The second-order valence-corrected chi connectivity index (χ2v) is 9.50. The summed E-state index contributed by atoms with van der Waals surface area (Å²) in [6.07, 6.45) is 0.982. The maximum absolute atomic E-state index is 13.1. The fourth-order valence-electron chi connectivity index (χ4n) is 3.28. The number of aliphatic carboxylic acids is 1. The molecule has 0 aliphatic heterocycles. The van der Waals surface area contributed by atoms with Crippen molar-refractivity contribution in [2.45, 2.75) is 51.8 Å². The number of carbonyl (C=O) groups is 2. The monoisotopic (exact) mass is 482 g/mol. The number of carbonyl (C=O) groups excluding carboxylic acids is 1. The van der Waals surface area contributed by atoms with Gasteiger partial charge in [-0.05, 0) is 49.4 Å². The molecule has 0 saturated carbocycles. The van der Waals surface area contributed by atoms with Crippen LogP contribution >= 0.6 is 11.8 Å². The van der Waals surface area contributed by atoms with E-state index in [1.807, 2.05) is 62.4 Å². The molecule has 34 heavy (non-hydrogen) atoms. The minimum absolute atomic E-state index is 0.0578. The minimum Gasteiger partial charge on any atom is -0.486 e. The molecule has 3 rings (SSSR count). The Hall–Kier alpha value is -3.33. The third-order valence-electron chi connectivity index (χ3n) is 5.15. The van der Waals surface area contributed by atoms with Crippen molar-refractivity contribution in [1.82, 2.24) is 14.9 Å². The van der Waals surface area contributed by atoms with Crippen LogP contribution in [-0.2, 0) is 22.6 Å². The first kappa shape index (κ1) is 25.3. The number of carboxylic acid groups (broad SMARTS) is 1. The highest BCUT2D eigenvalue weighted by Crippen LogP contribution is 2.21. The summed E-state index contributed by atoms with van der Waals surface area (Å²) in [5.74, 6) is -0.313. The predicted molar refractivity (Wildman–Crippen MR) is 132 cm³/mol. The van der Waals surface area contributed by atoms with Gasteiger partial charge in [-0.1, -0.05) is 67.6 Å². The molecule has 0 aliphatic carbocycles. The second kappa shape index (κ2) is 11.7. The molecule has 3 aromatic rings. The first-order chi connectivity index (χ1) is 16.2. The Morgan fingerprint density at radius 3 is 2.35 bits per heavy atom. The van der Waals surface area contributed by atoms with E-state index < -0.39 is 11.9 Å². The maximum atomic E-state index is 13.1. The first-order valence-electron chi connectivity index (χ1n) is 11.1. The van der Waals surface area contributed by atoms with Gasteiger partial charge < -0.3 is 9.84 Å². The van der Waals surface area contributed by atoms with Gasteiger partial charge in [0.2, 0.25) is 11.1 Å². The number of nitrogens with one attached hydrogen (secondary N) is 1. The van der Waals surface area contributed by atoms with E-state index in [-0.39, 0.29) is 23.4 Å². The quantitative estimate of drug-likeness (QED) is 0.390. The summed E-state index contributed by atoms with van der Waals surface area (Å²) < 4.78 is 7.21. The van der Waals surface area contributed by atoms with E-state index in [9.17, 15) is 9.59 Å². The van der Waals surface area contributed by atoms with E-state index in [0.717, 1.165) is 29.3 Å². The summed E-state index contributed by atoms with van der Waals surface area (Å²) >= 11 is 0.976. The van der Waals surface area contributed by atoms with Crippen LogP contribution in [0.4, 0.5) is 0 Å². The molecule has 1 heterocycles. The van der Waals surface area contributed by atoms with Gasteiger partial charge in [-0.3, -0.25) is 15.0 Å². The number of aryl methyl sites for hydroxylation is 1. The smallest absolute Gasteiger partial charge is 0.313 e. The summed E-state index contributed by atoms with van der Waals surface area (Å²) in [6, 6.07) is 15.6. The van der Waals surface area contributed by atoms with Crippen molar-refractivity contribution in [1.29, 1.82) is 0 Å². The molecule has 1 unspecified atom stereocenters. The topological polar surface area (TPSA) is 106 Å². The Morgan fingerprint density at radius 1 is 1.06 bits per heavy atom. The van der Waals surface area contributed by atoms with Crippen LogP contribution in [0.2, 0.25) is 0 Å². The van der Waals surface area contributed by atoms with Crippen LogP contribution in [-0.4, -0.2) is 37.6 Å². The molecule has 1 aromatic heterocycles.